The first-order chi connectivity index (χ1) is 9.41. The molecule has 2 amide bonds. The highest BCUT2D eigenvalue weighted by atomic mass is 32.2. The van der Waals surface area contributed by atoms with Gasteiger partial charge in [0, 0.05) is 24.9 Å². The Labute approximate surface area is 125 Å². The normalized spacial score (nSPS) is 21.2. The smallest absolute Gasteiger partial charge is 0.317 e. The fourth-order valence-electron chi connectivity index (χ4n) is 2.23. The van der Waals surface area contributed by atoms with Gasteiger partial charge in [0.1, 0.15) is 0 Å². The van der Waals surface area contributed by atoms with Gasteiger partial charge in [0.25, 0.3) is 0 Å². The Hall–Kier alpha value is -0.910. The first-order valence-corrected chi connectivity index (χ1v) is 8.41. The third-order valence-electron chi connectivity index (χ3n) is 3.84. The molecule has 0 saturated carbocycles. The van der Waals surface area contributed by atoms with Crippen LogP contribution in [0, 0.1) is 5.92 Å². The molecule has 1 saturated heterocycles. The molecule has 3 atom stereocenters. The average Bonchev–Trinajstić information content (AvgIpc) is 2.91. The SMILES string of the molecule is CC(CCCC(C)C(=O)O)NC(=O)N(C)C1CCSC1. The molecule has 20 heavy (non-hydrogen) atoms. The second kappa shape index (κ2) is 8.39. The molecular weight excluding hydrogens is 276 g/mol. The summed E-state index contributed by atoms with van der Waals surface area (Å²) in [5.41, 5.74) is 0. The van der Waals surface area contributed by atoms with Crippen molar-refractivity contribution in [2.75, 3.05) is 18.6 Å². The van der Waals surface area contributed by atoms with Gasteiger partial charge in [-0.05, 0) is 31.9 Å². The van der Waals surface area contributed by atoms with Gasteiger partial charge in [-0.1, -0.05) is 13.3 Å². The first kappa shape index (κ1) is 17.1. The summed E-state index contributed by atoms with van der Waals surface area (Å²) < 4.78 is 0. The molecular formula is C14H26N2O3S. The lowest BCUT2D eigenvalue weighted by Gasteiger charge is -2.26. The number of carbonyl (C=O) groups excluding carboxylic acids is 1. The van der Waals surface area contributed by atoms with E-state index in [-0.39, 0.29) is 18.0 Å². The third-order valence-corrected chi connectivity index (χ3v) is 4.98. The minimum absolute atomic E-state index is 0.0173. The molecule has 0 bridgehead atoms. The maximum atomic E-state index is 12.1. The maximum Gasteiger partial charge on any atom is 0.317 e. The number of hydrogen-bond acceptors (Lipinski definition) is 3. The van der Waals surface area contributed by atoms with Crippen LogP contribution in [-0.4, -0.2) is 52.6 Å². The summed E-state index contributed by atoms with van der Waals surface area (Å²) in [4.78, 5) is 24.6. The highest BCUT2D eigenvalue weighted by Crippen LogP contribution is 2.21. The van der Waals surface area contributed by atoms with E-state index in [1.165, 1.54) is 0 Å². The summed E-state index contributed by atoms with van der Waals surface area (Å²) in [5, 5.41) is 11.8. The number of hydrogen-bond donors (Lipinski definition) is 2. The summed E-state index contributed by atoms with van der Waals surface area (Å²) >= 11 is 1.89. The van der Waals surface area contributed by atoms with E-state index in [0.717, 1.165) is 30.8 Å². The maximum absolute atomic E-state index is 12.1. The van der Waals surface area contributed by atoms with Crippen LogP contribution < -0.4 is 5.32 Å². The summed E-state index contributed by atoms with van der Waals surface area (Å²) in [5.74, 6) is 1.09. The Morgan fingerprint density at radius 1 is 1.40 bits per heavy atom. The summed E-state index contributed by atoms with van der Waals surface area (Å²) in [6.45, 7) is 3.69. The van der Waals surface area contributed by atoms with Crippen molar-refractivity contribution in [2.24, 2.45) is 5.92 Å². The third kappa shape index (κ3) is 5.61. The van der Waals surface area contributed by atoms with Gasteiger partial charge in [-0.3, -0.25) is 4.79 Å². The molecule has 3 unspecified atom stereocenters. The van der Waals surface area contributed by atoms with Crippen molar-refractivity contribution in [3.63, 3.8) is 0 Å². The standard InChI is InChI=1S/C14H26N2O3S/c1-10(13(17)18)5-4-6-11(2)15-14(19)16(3)12-7-8-20-9-12/h10-12H,4-9H2,1-3H3,(H,15,19)(H,17,18). The molecule has 1 aliphatic heterocycles. The number of urea groups is 1. The van der Waals surface area contributed by atoms with Crippen LogP contribution in [0.3, 0.4) is 0 Å². The molecule has 0 radical (unpaired) electrons. The van der Waals surface area contributed by atoms with E-state index in [1.54, 1.807) is 11.8 Å². The first-order valence-electron chi connectivity index (χ1n) is 7.25. The van der Waals surface area contributed by atoms with Crippen molar-refractivity contribution >= 4 is 23.8 Å². The number of aliphatic carboxylic acids is 1. The van der Waals surface area contributed by atoms with Crippen molar-refractivity contribution in [1.82, 2.24) is 10.2 Å². The topological polar surface area (TPSA) is 69.6 Å². The van der Waals surface area contributed by atoms with E-state index in [0.29, 0.717) is 12.5 Å². The Morgan fingerprint density at radius 3 is 2.65 bits per heavy atom. The van der Waals surface area contributed by atoms with Gasteiger partial charge < -0.3 is 15.3 Å². The summed E-state index contributed by atoms with van der Waals surface area (Å²) in [6, 6.07) is 0.413. The average molecular weight is 302 g/mol. The van der Waals surface area contributed by atoms with E-state index < -0.39 is 5.97 Å². The summed E-state index contributed by atoms with van der Waals surface area (Å²) in [7, 11) is 1.85. The lowest BCUT2D eigenvalue weighted by molar-refractivity contribution is -0.141. The van der Waals surface area contributed by atoms with Crippen LogP contribution in [0.4, 0.5) is 4.79 Å². The molecule has 1 aliphatic rings. The van der Waals surface area contributed by atoms with Gasteiger partial charge in [-0.2, -0.15) is 11.8 Å². The monoisotopic (exact) mass is 302 g/mol. The lowest BCUT2D eigenvalue weighted by atomic mass is 10.0. The van der Waals surface area contributed by atoms with Crippen LogP contribution in [0.15, 0.2) is 0 Å². The number of nitrogens with zero attached hydrogens (tertiary/aromatic N) is 1. The molecule has 5 nitrogen and oxygen atoms in total. The van der Waals surface area contributed by atoms with Gasteiger partial charge in [0.15, 0.2) is 0 Å². The number of amides is 2. The number of carboxylic acids is 1. The second-order valence-electron chi connectivity index (χ2n) is 5.65. The molecule has 1 fully saturated rings. The quantitative estimate of drug-likeness (QED) is 0.758. The van der Waals surface area contributed by atoms with Gasteiger partial charge >= 0.3 is 12.0 Å². The number of carbonyl (C=O) groups is 2. The molecule has 2 N–H and O–H groups in total. The highest BCUT2D eigenvalue weighted by Gasteiger charge is 2.24. The molecule has 1 heterocycles. The van der Waals surface area contributed by atoms with Crippen molar-refractivity contribution in [2.45, 2.75) is 51.6 Å². The van der Waals surface area contributed by atoms with Crippen LogP contribution >= 0.6 is 11.8 Å². The van der Waals surface area contributed by atoms with Gasteiger partial charge in [0.2, 0.25) is 0 Å². The van der Waals surface area contributed by atoms with Crippen LogP contribution in [0.25, 0.3) is 0 Å². The van der Waals surface area contributed by atoms with Gasteiger partial charge in [-0.15, -0.1) is 0 Å². The minimum Gasteiger partial charge on any atom is -0.481 e. The van der Waals surface area contributed by atoms with Crippen LogP contribution in [-0.2, 0) is 4.79 Å². The van der Waals surface area contributed by atoms with E-state index >= 15 is 0 Å². The zero-order chi connectivity index (χ0) is 15.1. The molecule has 116 valence electrons. The zero-order valence-corrected chi connectivity index (χ0v) is 13.4. The van der Waals surface area contributed by atoms with Crippen molar-refractivity contribution < 1.29 is 14.7 Å². The highest BCUT2D eigenvalue weighted by molar-refractivity contribution is 7.99. The minimum atomic E-state index is -0.750. The van der Waals surface area contributed by atoms with Crippen LogP contribution in [0.2, 0.25) is 0 Å². The predicted molar refractivity (Wildman–Crippen MR) is 82.1 cm³/mol. The van der Waals surface area contributed by atoms with Crippen LogP contribution in [0.1, 0.15) is 39.5 Å². The fourth-order valence-corrected chi connectivity index (χ4v) is 3.50. The number of nitrogens with one attached hydrogen (secondary N) is 1. The van der Waals surface area contributed by atoms with Crippen molar-refractivity contribution in [3.8, 4) is 0 Å². The molecule has 0 aromatic rings. The lowest BCUT2D eigenvalue weighted by Crippen LogP contribution is -2.46. The van der Waals surface area contributed by atoms with Crippen molar-refractivity contribution in [3.05, 3.63) is 0 Å². The summed E-state index contributed by atoms with van der Waals surface area (Å²) in [6.07, 6.45) is 3.36. The Morgan fingerprint density at radius 2 is 2.10 bits per heavy atom. The number of carboxylic acid groups (broad SMARTS) is 1. The zero-order valence-electron chi connectivity index (χ0n) is 12.6. The largest absolute Gasteiger partial charge is 0.481 e. The van der Waals surface area contributed by atoms with E-state index in [9.17, 15) is 9.59 Å². The molecule has 6 heteroatoms. The fraction of sp³-hybridized carbons (Fsp3) is 0.857. The van der Waals surface area contributed by atoms with E-state index in [4.69, 9.17) is 5.11 Å². The van der Waals surface area contributed by atoms with E-state index in [1.807, 2.05) is 25.7 Å². The number of rotatable bonds is 7. The molecule has 0 aliphatic carbocycles. The van der Waals surface area contributed by atoms with Gasteiger partial charge in [0.05, 0.1) is 5.92 Å². The molecule has 1 rings (SSSR count). The molecule has 0 aromatic heterocycles. The number of thioether (sulfide) groups is 1. The Kier molecular flexibility index (Phi) is 7.19. The second-order valence-corrected chi connectivity index (χ2v) is 6.80. The Balaban J connectivity index is 2.22. The molecule has 0 aromatic carbocycles. The van der Waals surface area contributed by atoms with Crippen molar-refractivity contribution in [1.29, 1.82) is 0 Å². The molecule has 0 spiro atoms. The van der Waals surface area contributed by atoms with E-state index in [2.05, 4.69) is 5.32 Å². The van der Waals surface area contributed by atoms with Gasteiger partial charge in [-0.25, -0.2) is 4.79 Å². The predicted octanol–water partition coefficient (Wildman–Crippen LogP) is 2.41. The Bertz CT molecular complexity index is 332. The van der Waals surface area contributed by atoms with Crippen LogP contribution in [0.5, 0.6) is 0 Å².